The lowest BCUT2D eigenvalue weighted by molar-refractivity contribution is -0.129. The van der Waals surface area contributed by atoms with Crippen LogP contribution in [0.1, 0.15) is 26.7 Å². The fraction of sp³-hybridized carbons (Fsp3) is 0.889. The van der Waals surface area contributed by atoms with Crippen LogP contribution in [0.15, 0.2) is 0 Å². The Balaban J connectivity index is 3.57. The van der Waals surface area contributed by atoms with Crippen LogP contribution < -0.4 is 0 Å². The van der Waals surface area contributed by atoms with Gasteiger partial charge in [-0.1, -0.05) is 13.8 Å². The molecule has 0 aliphatic carbocycles. The molecular weight excluding hydrogens is 156 g/mol. The summed E-state index contributed by atoms with van der Waals surface area (Å²) in [6.45, 7) is 4.24. The lowest BCUT2D eigenvalue weighted by Crippen LogP contribution is -2.26. The molecule has 0 heterocycles. The summed E-state index contributed by atoms with van der Waals surface area (Å²) < 4.78 is 4.80. The van der Waals surface area contributed by atoms with Gasteiger partial charge in [0.05, 0.1) is 0 Å². The molecule has 1 N–H and O–H groups in total. The highest BCUT2D eigenvalue weighted by Crippen LogP contribution is 2.05. The maximum absolute atomic E-state index is 11.2. The predicted molar refractivity (Wildman–Crippen MR) is 47.0 cm³/mol. The van der Waals surface area contributed by atoms with E-state index < -0.39 is 6.10 Å². The van der Waals surface area contributed by atoms with Gasteiger partial charge in [0.25, 0.3) is 0 Å². The van der Waals surface area contributed by atoms with E-state index in [2.05, 4.69) is 0 Å². The molecule has 0 amide bonds. The van der Waals surface area contributed by atoms with Gasteiger partial charge in [0.15, 0.2) is 5.78 Å². The van der Waals surface area contributed by atoms with Crippen LogP contribution in [-0.4, -0.2) is 30.7 Å². The van der Waals surface area contributed by atoms with Gasteiger partial charge in [0.2, 0.25) is 0 Å². The highest BCUT2D eigenvalue weighted by Gasteiger charge is 2.17. The minimum absolute atomic E-state index is 0.0139. The molecule has 0 saturated heterocycles. The van der Waals surface area contributed by atoms with Crippen LogP contribution in [0, 0.1) is 5.92 Å². The van der Waals surface area contributed by atoms with E-state index in [4.69, 9.17) is 4.74 Å². The standard InChI is InChI=1S/C9H18O3/c1-7(2)9(11)8(10)5-4-6-12-3/h7,9,11H,4-6H2,1-3H3. The third kappa shape index (κ3) is 4.46. The molecule has 0 bridgehead atoms. The monoisotopic (exact) mass is 174 g/mol. The second kappa shape index (κ2) is 6.14. The van der Waals surface area contributed by atoms with Crippen LogP contribution in [0.2, 0.25) is 0 Å². The number of aliphatic hydroxyl groups excluding tert-OH is 1. The first-order chi connectivity index (χ1) is 5.59. The van der Waals surface area contributed by atoms with Crippen molar-refractivity contribution in [3.63, 3.8) is 0 Å². The number of ether oxygens (including phenoxy) is 1. The Morgan fingerprint density at radius 3 is 2.50 bits per heavy atom. The van der Waals surface area contributed by atoms with E-state index in [0.717, 1.165) is 0 Å². The molecule has 72 valence electrons. The van der Waals surface area contributed by atoms with Gasteiger partial charge in [-0.3, -0.25) is 4.79 Å². The Hall–Kier alpha value is -0.410. The maximum Gasteiger partial charge on any atom is 0.161 e. The zero-order valence-electron chi connectivity index (χ0n) is 8.04. The van der Waals surface area contributed by atoms with Gasteiger partial charge in [-0.05, 0) is 12.3 Å². The molecule has 3 heteroatoms. The second-order valence-electron chi connectivity index (χ2n) is 3.25. The first-order valence-corrected chi connectivity index (χ1v) is 4.29. The highest BCUT2D eigenvalue weighted by molar-refractivity contribution is 5.82. The zero-order valence-corrected chi connectivity index (χ0v) is 8.04. The minimum Gasteiger partial charge on any atom is -0.385 e. The third-order valence-electron chi connectivity index (χ3n) is 1.73. The Kier molecular flexibility index (Phi) is 5.93. The van der Waals surface area contributed by atoms with Crippen molar-refractivity contribution in [1.29, 1.82) is 0 Å². The zero-order chi connectivity index (χ0) is 9.56. The Bertz CT molecular complexity index is 132. The number of carbonyl (C=O) groups excluding carboxylic acids is 1. The van der Waals surface area contributed by atoms with Gasteiger partial charge >= 0.3 is 0 Å². The number of carbonyl (C=O) groups is 1. The van der Waals surface area contributed by atoms with E-state index >= 15 is 0 Å². The Morgan fingerprint density at radius 1 is 1.50 bits per heavy atom. The largest absolute Gasteiger partial charge is 0.385 e. The smallest absolute Gasteiger partial charge is 0.161 e. The summed E-state index contributed by atoms with van der Waals surface area (Å²) in [7, 11) is 1.60. The summed E-state index contributed by atoms with van der Waals surface area (Å²) >= 11 is 0. The fourth-order valence-corrected chi connectivity index (χ4v) is 0.910. The topological polar surface area (TPSA) is 46.5 Å². The number of aliphatic hydroxyl groups is 1. The molecule has 0 aliphatic rings. The molecule has 0 aromatic carbocycles. The molecule has 1 unspecified atom stereocenters. The molecule has 0 aromatic heterocycles. The van der Waals surface area contributed by atoms with Gasteiger partial charge < -0.3 is 9.84 Å². The summed E-state index contributed by atoms with van der Waals surface area (Å²) in [6.07, 6.45) is 0.300. The SMILES string of the molecule is COCCCC(=O)C(O)C(C)C. The van der Waals surface area contributed by atoms with Crippen LogP contribution in [-0.2, 0) is 9.53 Å². The Morgan fingerprint density at radius 2 is 2.08 bits per heavy atom. The van der Waals surface area contributed by atoms with Crippen molar-refractivity contribution in [3.05, 3.63) is 0 Å². The van der Waals surface area contributed by atoms with Crippen molar-refractivity contribution >= 4 is 5.78 Å². The van der Waals surface area contributed by atoms with Crippen molar-refractivity contribution in [1.82, 2.24) is 0 Å². The van der Waals surface area contributed by atoms with Crippen LogP contribution in [0.25, 0.3) is 0 Å². The van der Waals surface area contributed by atoms with Crippen LogP contribution in [0.4, 0.5) is 0 Å². The van der Waals surface area contributed by atoms with Crippen LogP contribution in [0.5, 0.6) is 0 Å². The van der Waals surface area contributed by atoms with Crippen LogP contribution >= 0.6 is 0 Å². The molecule has 0 spiro atoms. The minimum atomic E-state index is -0.804. The number of rotatable bonds is 6. The summed E-state index contributed by atoms with van der Waals surface area (Å²) in [5, 5.41) is 9.30. The molecule has 1 atom stereocenters. The average Bonchev–Trinajstić information content (AvgIpc) is 2.03. The van der Waals surface area contributed by atoms with E-state index in [1.807, 2.05) is 13.8 Å². The van der Waals surface area contributed by atoms with Gasteiger partial charge in [-0.15, -0.1) is 0 Å². The molecule has 0 saturated carbocycles. The summed E-state index contributed by atoms with van der Waals surface area (Å²) in [6, 6.07) is 0. The molecule has 0 fully saturated rings. The lowest BCUT2D eigenvalue weighted by Gasteiger charge is -2.12. The van der Waals surface area contributed by atoms with Crippen molar-refractivity contribution in [2.75, 3.05) is 13.7 Å². The van der Waals surface area contributed by atoms with E-state index in [0.29, 0.717) is 19.4 Å². The number of Topliss-reactive ketones (excluding diaryl/α,β-unsaturated/α-hetero) is 1. The predicted octanol–water partition coefficient (Wildman–Crippen LogP) is 0.999. The summed E-state index contributed by atoms with van der Waals surface area (Å²) in [5.41, 5.74) is 0. The maximum atomic E-state index is 11.2. The van der Waals surface area contributed by atoms with Crippen LogP contribution in [0.3, 0.4) is 0 Å². The third-order valence-corrected chi connectivity index (χ3v) is 1.73. The van der Waals surface area contributed by atoms with E-state index in [1.54, 1.807) is 7.11 Å². The number of ketones is 1. The second-order valence-corrected chi connectivity index (χ2v) is 3.25. The molecule has 3 nitrogen and oxygen atoms in total. The fourth-order valence-electron chi connectivity index (χ4n) is 0.910. The van der Waals surface area contributed by atoms with E-state index in [9.17, 15) is 9.90 Å². The molecular formula is C9H18O3. The summed E-state index contributed by atoms with van der Waals surface area (Å²) in [4.78, 5) is 11.2. The Labute approximate surface area is 73.7 Å². The first kappa shape index (κ1) is 11.6. The van der Waals surface area contributed by atoms with Gasteiger partial charge in [0.1, 0.15) is 6.10 Å². The average molecular weight is 174 g/mol. The normalized spacial score (nSPS) is 13.4. The highest BCUT2D eigenvalue weighted by atomic mass is 16.5. The van der Waals surface area contributed by atoms with Crippen molar-refractivity contribution in [3.8, 4) is 0 Å². The van der Waals surface area contributed by atoms with Gasteiger partial charge in [-0.2, -0.15) is 0 Å². The van der Waals surface area contributed by atoms with Gasteiger partial charge in [-0.25, -0.2) is 0 Å². The van der Waals surface area contributed by atoms with Crippen molar-refractivity contribution in [2.45, 2.75) is 32.8 Å². The molecule has 0 radical (unpaired) electrons. The molecule has 12 heavy (non-hydrogen) atoms. The van der Waals surface area contributed by atoms with Crippen molar-refractivity contribution in [2.24, 2.45) is 5.92 Å². The first-order valence-electron chi connectivity index (χ1n) is 4.29. The van der Waals surface area contributed by atoms with Gasteiger partial charge in [0, 0.05) is 20.1 Å². The van der Waals surface area contributed by atoms with E-state index in [1.165, 1.54) is 0 Å². The number of methoxy groups -OCH3 is 1. The lowest BCUT2D eigenvalue weighted by atomic mass is 10.0. The molecule has 0 aromatic rings. The molecule has 0 rings (SSSR count). The quantitative estimate of drug-likeness (QED) is 0.611. The number of hydrogen-bond acceptors (Lipinski definition) is 3. The summed E-state index contributed by atoms with van der Waals surface area (Å²) in [5.74, 6) is -0.0675. The number of hydrogen-bond donors (Lipinski definition) is 1. The van der Waals surface area contributed by atoms with Crippen molar-refractivity contribution < 1.29 is 14.6 Å². The molecule has 0 aliphatic heterocycles. The van der Waals surface area contributed by atoms with E-state index in [-0.39, 0.29) is 11.7 Å².